The minimum Gasteiger partial charge on any atom is -0.497 e. The third-order valence-electron chi connectivity index (χ3n) is 4.41. The summed E-state index contributed by atoms with van der Waals surface area (Å²) in [5.41, 5.74) is 1.12. The maximum absolute atomic E-state index is 12.3. The van der Waals surface area contributed by atoms with Gasteiger partial charge in [-0.25, -0.2) is 0 Å². The molecule has 1 N–H and O–H groups in total. The lowest BCUT2D eigenvalue weighted by Crippen LogP contribution is -2.34. The van der Waals surface area contributed by atoms with Crippen LogP contribution in [0.3, 0.4) is 0 Å². The fourth-order valence-corrected chi connectivity index (χ4v) is 2.88. The number of amides is 2. The van der Waals surface area contributed by atoms with E-state index in [1.807, 2.05) is 29.2 Å². The molecule has 1 aromatic carbocycles. The average Bonchev–Trinajstić information content (AvgIpc) is 2.94. The molecule has 0 aliphatic carbocycles. The van der Waals surface area contributed by atoms with Crippen molar-refractivity contribution in [1.29, 1.82) is 0 Å². The van der Waals surface area contributed by atoms with E-state index in [9.17, 15) is 9.59 Å². The van der Waals surface area contributed by atoms with Crippen molar-refractivity contribution in [3.8, 4) is 5.75 Å². The lowest BCUT2D eigenvalue weighted by atomic mass is 10.1. The Morgan fingerprint density at radius 3 is 2.92 bits per heavy atom. The number of likely N-dealkylation sites (tertiary alicyclic amines) is 1. The molecule has 0 saturated carbocycles. The highest BCUT2D eigenvalue weighted by Gasteiger charge is 2.33. The molecule has 2 rings (SSSR count). The summed E-state index contributed by atoms with van der Waals surface area (Å²) < 4.78 is 5.20. The molecule has 24 heavy (non-hydrogen) atoms. The zero-order valence-electron chi connectivity index (χ0n) is 14.9. The molecule has 0 spiro atoms. The first-order valence-electron chi connectivity index (χ1n) is 8.68. The molecule has 0 aromatic heterocycles. The Bertz CT molecular complexity index is 571. The molecular weight excluding hydrogens is 304 g/mol. The van der Waals surface area contributed by atoms with Crippen molar-refractivity contribution >= 4 is 11.8 Å². The molecule has 1 aromatic rings. The number of hydrogen-bond acceptors (Lipinski definition) is 3. The topological polar surface area (TPSA) is 58.6 Å². The Morgan fingerprint density at radius 2 is 2.21 bits per heavy atom. The highest BCUT2D eigenvalue weighted by Crippen LogP contribution is 2.19. The second-order valence-electron chi connectivity index (χ2n) is 6.82. The van der Waals surface area contributed by atoms with Crippen LogP contribution in [0.5, 0.6) is 5.75 Å². The summed E-state index contributed by atoms with van der Waals surface area (Å²) >= 11 is 0. The lowest BCUT2D eigenvalue weighted by Gasteiger charge is -2.17. The maximum Gasteiger partial charge on any atom is 0.225 e. The first-order valence-corrected chi connectivity index (χ1v) is 8.68. The van der Waals surface area contributed by atoms with E-state index in [1.54, 1.807) is 7.11 Å². The van der Waals surface area contributed by atoms with Gasteiger partial charge >= 0.3 is 0 Å². The monoisotopic (exact) mass is 332 g/mol. The molecule has 1 aliphatic heterocycles. The Hall–Kier alpha value is -2.04. The molecule has 1 atom stereocenters. The van der Waals surface area contributed by atoms with Gasteiger partial charge in [0.05, 0.1) is 13.0 Å². The number of hydrogen-bond donors (Lipinski definition) is 1. The second kappa shape index (κ2) is 8.71. The molecular formula is C19H28N2O3. The summed E-state index contributed by atoms with van der Waals surface area (Å²) in [6.45, 7) is 6.16. The molecule has 0 bridgehead atoms. The van der Waals surface area contributed by atoms with Crippen LogP contribution in [0, 0.1) is 11.8 Å². The van der Waals surface area contributed by atoms with Gasteiger partial charge in [-0.3, -0.25) is 9.59 Å². The van der Waals surface area contributed by atoms with Crippen molar-refractivity contribution < 1.29 is 14.3 Å². The zero-order valence-corrected chi connectivity index (χ0v) is 14.9. The predicted molar refractivity (Wildman–Crippen MR) is 93.8 cm³/mol. The number of ether oxygens (including phenoxy) is 1. The largest absolute Gasteiger partial charge is 0.497 e. The normalized spacial score (nSPS) is 17.4. The van der Waals surface area contributed by atoms with Gasteiger partial charge in [0.15, 0.2) is 0 Å². The first kappa shape index (κ1) is 18.3. The maximum atomic E-state index is 12.3. The number of methoxy groups -OCH3 is 1. The van der Waals surface area contributed by atoms with Crippen LogP contribution in [-0.4, -0.2) is 43.5 Å². The van der Waals surface area contributed by atoms with E-state index < -0.39 is 0 Å². The summed E-state index contributed by atoms with van der Waals surface area (Å²) in [5, 5.41) is 2.96. The van der Waals surface area contributed by atoms with Crippen LogP contribution < -0.4 is 10.1 Å². The standard InChI is InChI=1S/C19H28N2O3/c1-14(2)8-10-21-13-16(12-18(21)22)19(23)20-9-7-15-5-4-6-17(11-15)24-3/h4-6,11,14,16H,7-10,12-13H2,1-3H3,(H,20,23). The van der Waals surface area contributed by atoms with Gasteiger partial charge < -0.3 is 15.0 Å². The molecule has 0 radical (unpaired) electrons. The number of nitrogens with zero attached hydrogens (tertiary/aromatic N) is 1. The highest BCUT2D eigenvalue weighted by atomic mass is 16.5. The van der Waals surface area contributed by atoms with Crippen molar-refractivity contribution in [3.63, 3.8) is 0 Å². The Morgan fingerprint density at radius 1 is 1.42 bits per heavy atom. The third-order valence-corrected chi connectivity index (χ3v) is 4.41. The van der Waals surface area contributed by atoms with Crippen molar-refractivity contribution in [2.45, 2.75) is 33.1 Å². The van der Waals surface area contributed by atoms with Gasteiger partial charge in [-0.1, -0.05) is 26.0 Å². The molecule has 1 heterocycles. The Labute approximate surface area is 144 Å². The predicted octanol–water partition coefficient (Wildman–Crippen LogP) is 2.25. The van der Waals surface area contributed by atoms with E-state index in [1.165, 1.54) is 0 Å². The van der Waals surface area contributed by atoms with Gasteiger partial charge in [0.2, 0.25) is 11.8 Å². The van der Waals surface area contributed by atoms with Crippen molar-refractivity contribution in [2.24, 2.45) is 11.8 Å². The molecule has 1 fully saturated rings. The van der Waals surface area contributed by atoms with Gasteiger partial charge in [-0.2, -0.15) is 0 Å². The fourth-order valence-electron chi connectivity index (χ4n) is 2.88. The van der Waals surface area contributed by atoms with E-state index in [0.29, 0.717) is 25.4 Å². The number of nitrogens with one attached hydrogen (secondary N) is 1. The third kappa shape index (κ3) is 5.25. The molecule has 2 amide bonds. The van der Waals surface area contributed by atoms with E-state index in [4.69, 9.17) is 4.74 Å². The van der Waals surface area contributed by atoms with Gasteiger partial charge in [-0.05, 0) is 36.5 Å². The van der Waals surface area contributed by atoms with Crippen LogP contribution in [0.25, 0.3) is 0 Å². The number of carbonyl (C=O) groups is 2. The summed E-state index contributed by atoms with van der Waals surface area (Å²) in [6, 6.07) is 7.83. The van der Waals surface area contributed by atoms with Crippen LogP contribution in [0.1, 0.15) is 32.3 Å². The van der Waals surface area contributed by atoms with Gasteiger partial charge in [-0.15, -0.1) is 0 Å². The van der Waals surface area contributed by atoms with Crippen LogP contribution in [0.15, 0.2) is 24.3 Å². The second-order valence-corrected chi connectivity index (χ2v) is 6.82. The quantitative estimate of drug-likeness (QED) is 0.794. The molecule has 1 aliphatic rings. The number of rotatable bonds is 8. The SMILES string of the molecule is COc1cccc(CCNC(=O)C2CC(=O)N(CCC(C)C)C2)c1. The van der Waals surface area contributed by atoms with Crippen LogP contribution in [0.4, 0.5) is 0 Å². The van der Waals surface area contributed by atoms with E-state index in [-0.39, 0.29) is 17.7 Å². The zero-order chi connectivity index (χ0) is 17.5. The first-order chi connectivity index (χ1) is 11.5. The number of benzene rings is 1. The van der Waals surface area contributed by atoms with Crippen LogP contribution in [0.2, 0.25) is 0 Å². The summed E-state index contributed by atoms with van der Waals surface area (Å²) in [6.07, 6.45) is 2.07. The molecule has 5 nitrogen and oxygen atoms in total. The molecule has 5 heteroatoms. The Kier molecular flexibility index (Phi) is 6.64. The van der Waals surface area contributed by atoms with Crippen molar-refractivity contribution in [3.05, 3.63) is 29.8 Å². The summed E-state index contributed by atoms with van der Waals surface area (Å²) in [4.78, 5) is 26.1. The van der Waals surface area contributed by atoms with E-state index in [2.05, 4.69) is 19.2 Å². The van der Waals surface area contributed by atoms with Crippen molar-refractivity contribution in [2.75, 3.05) is 26.7 Å². The van der Waals surface area contributed by atoms with Gasteiger partial charge in [0.1, 0.15) is 5.75 Å². The summed E-state index contributed by atoms with van der Waals surface area (Å²) in [5.74, 6) is 1.26. The average molecular weight is 332 g/mol. The van der Waals surface area contributed by atoms with Gasteiger partial charge in [0.25, 0.3) is 0 Å². The van der Waals surface area contributed by atoms with E-state index >= 15 is 0 Å². The highest BCUT2D eigenvalue weighted by molar-refractivity contribution is 5.89. The van der Waals surface area contributed by atoms with Crippen molar-refractivity contribution in [1.82, 2.24) is 10.2 Å². The fraction of sp³-hybridized carbons (Fsp3) is 0.579. The minimum atomic E-state index is -0.213. The van der Waals surface area contributed by atoms with Crippen LogP contribution >= 0.6 is 0 Å². The van der Waals surface area contributed by atoms with Crippen LogP contribution in [-0.2, 0) is 16.0 Å². The van der Waals surface area contributed by atoms with Gasteiger partial charge in [0, 0.05) is 26.1 Å². The molecule has 132 valence electrons. The molecule has 1 saturated heterocycles. The molecule has 1 unspecified atom stereocenters. The summed E-state index contributed by atoms with van der Waals surface area (Å²) in [7, 11) is 1.64. The number of carbonyl (C=O) groups excluding carboxylic acids is 2. The lowest BCUT2D eigenvalue weighted by molar-refractivity contribution is -0.129. The smallest absolute Gasteiger partial charge is 0.225 e. The minimum absolute atomic E-state index is 0.0155. The van der Waals surface area contributed by atoms with E-state index in [0.717, 1.165) is 30.7 Å². The Balaban J connectivity index is 1.75.